The molecule has 0 aromatic heterocycles. The average molecular weight is 860 g/mol. The predicted octanol–water partition coefficient (Wildman–Crippen LogP) is 7.83. The molecule has 3 aliphatic carbocycles. The van der Waals surface area contributed by atoms with Gasteiger partial charge in [-0.2, -0.15) is 0 Å². The number of amides is 5. The fourth-order valence-electron chi connectivity index (χ4n) is 7.44. The molecule has 6 fully saturated rings. The zero-order valence-corrected chi connectivity index (χ0v) is 37.6. The minimum absolute atomic E-state index is 0.0816. The number of carbonyl (C=O) groups is 5. The molecular formula is C52H69N5O6. The minimum atomic E-state index is 0.0816. The number of nitrogens with zero attached hydrogens (tertiary/aromatic N) is 3. The molecule has 6 aliphatic rings. The van der Waals surface area contributed by atoms with Gasteiger partial charge in [-0.1, -0.05) is 125 Å². The highest BCUT2D eigenvalue weighted by Gasteiger charge is 2.37. The Bertz CT molecular complexity index is 1890. The highest BCUT2D eigenvalue weighted by atomic mass is 16.2. The zero-order chi connectivity index (χ0) is 45.6. The lowest BCUT2D eigenvalue weighted by atomic mass is 10.1. The van der Waals surface area contributed by atoms with Crippen molar-refractivity contribution in [3.05, 3.63) is 143 Å². The molecule has 0 radical (unpaired) electrons. The number of carbonyl (C=O) groups excluding carboxylic acids is 5. The van der Waals surface area contributed by atoms with Gasteiger partial charge in [-0.05, 0) is 96.7 Å². The van der Waals surface area contributed by atoms with E-state index in [0.717, 1.165) is 83.8 Å². The van der Waals surface area contributed by atoms with Crippen LogP contribution >= 0.6 is 0 Å². The Hall–Kier alpha value is -5.81. The number of likely N-dealkylation sites (tertiary alicyclic amines) is 2. The van der Waals surface area contributed by atoms with Crippen molar-refractivity contribution in [2.24, 2.45) is 23.5 Å². The van der Waals surface area contributed by atoms with Crippen molar-refractivity contribution in [2.45, 2.75) is 89.6 Å². The van der Waals surface area contributed by atoms with Crippen molar-refractivity contribution in [3.8, 4) is 0 Å². The molecule has 4 aromatic carbocycles. The van der Waals surface area contributed by atoms with E-state index in [1.54, 1.807) is 29.2 Å². The highest BCUT2D eigenvalue weighted by molar-refractivity contribution is 5.98. The first-order chi connectivity index (χ1) is 30.6. The van der Waals surface area contributed by atoms with Crippen molar-refractivity contribution >= 4 is 31.0 Å². The number of hydrogen-bond acceptors (Lipinski definition) is 6. The summed E-state index contributed by atoms with van der Waals surface area (Å²) in [6, 6.07) is 39.0. The van der Waals surface area contributed by atoms with Crippen LogP contribution in [0.15, 0.2) is 115 Å². The first kappa shape index (κ1) is 49.8. The first-order valence-electron chi connectivity index (χ1n) is 22.5. The third-order valence-electron chi connectivity index (χ3n) is 11.8. The lowest BCUT2D eigenvalue weighted by molar-refractivity contribution is -0.114. The number of rotatable bonds is 8. The second-order valence-corrected chi connectivity index (χ2v) is 17.2. The van der Waals surface area contributed by atoms with Crippen LogP contribution in [0.2, 0.25) is 0 Å². The summed E-state index contributed by atoms with van der Waals surface area (Å²) in [5.74, 6) is 3.88. The van der Waals surface area contributed by atoms with Crippen LogP contribution in [0.25, 0.3) is 0 Å². The van der Waals surface area contributed by atoms with Crippen LogP contribution in [0.4, 0.5) is 0 Å². The fourth-order valence-corrected chi connectivity index (χ4v) is 7.44. The van der Waals surface area contributed by atoms with Crippen LogP contribution in [0.5, 0.6) is 0 Å². The molecule has 63 heavy (non-hydrogen) atoms. The highest BCUT2D eigenvalue weighted by Crippen LogP contribution is 2.40. The van der Waals surface area contributed by atoms with Crippen LogP contribution in [-0.2, 0) is 14.4 Å². The van der Waals surface area contributed by atoms with E-state index >= 15 is 0 Å². The van der Waals surface area contributed by atoms with Gasteiger partial charge in [0, 0.05) is 62.9 Å². The molecule has 3 heterocycles. The third kappa shape index (κ3) is 17.5. The van der Waals surface area contributed by atoms with Crippen molar-refractivity contribution in [3.63, 3.8) is 0 Å². The molecule has 0 bridgehead atoms. The number of nitrogens with two attached hydrogens (primary N) is 1. The number of nitrogens with one attached hydrogen (secondary N) is 1. The zero-order valence-electron chi connectivity index (χ0n) is 37.6. The molecule has 11 heteroatoms. The maximum Gasteiger partial charge on any atom is 0.253 e. The first-order valence-corrected chi connectivity index (χ1v) is 22.5. The van der Waals surface area contributed by atoms with E-state index in [2.05, 4.69) is 74.3 Å². The summed E-state index contributed by atoms with van der Waals surface area (Å²) in [5.41, 5.74) is 9.62. The van der Waals surface area contributed by atoms with Gasteiger partial charge in [0.1, 0.15) is 0 Å². The van der Waals surface area contributed by atoms with E-state index in [1.807, 2.05) is 58.3 Å². The molecule has 4 aromatic rings. The molecule has 3 aliphatic heterocycles. The van der Waals surface area contributed by atoms with Crippen LogP contribution in [-0.4, -0.2) is 96.7 Å². The van der Waals surface area contributed by atoms with E-state index in [0.29, 0.717) is 41.0 Å². The summed E-state index contributed by atoms with van der Waals surface area (Å²) in [4.78, 5) is 59.4. The smallest absolute Gasteiger partial charge is 0.253 e. The van der Waals surface area contributed by atoms with Gasteiger partial charge < -0.3 is 30.9 Å². The predicted molar refractivity (Wildman–Crippen MR) is 250 cm³/mol. The van der Waals surface area contributed by atoms with Crippen LogP contribution in [0, 0.1) is 17.8 Å². The summed E-state index contributed by atoms with van der Waals surface area (Å²) in [6.07, 6.45) is 11.0. The summed E-state index contributed by atoms with van der Waals surface area (Å²) >= 11 is 0. The van der Waals surface area contributed by atoms with E-state index < -0.39 is 0 Å². The second-order valence-electron chi connectivity index (χ2n) is 17.2. The maximum absolute atomic E-state index is 12.4. The molecule has 4 N–H and O–H groups in total. The standard InChI is InChI=1S/C18H24N2O2.C10H11NO.C9H9NO.C9H10.C4H8.CH3NO.CH4O/c1-13-7-9-19(11-13)17(21)15-3-5-16(6-4-15)18(22)20-10-8-14(2)12-20;12-7-11-10-6-9(10)8-4-2-1-3-5-8;11-7-10-6-9(10)8-4-2-1-3-5-8;1-2-4-8(5-3-1)9-6-7-9;1-4-2-3-4;2-1-3;1-2/h3-6,13-14H,7-12H2,1-2H3;1-5,7,9-10H,6H2,(H,11,12);1-5,7,9H,6H2;1-5,9H,6-7H2;4H,2-3H2,1H3;1H,(H2,2,3);2H,1H3/t;2*9-,10?;;;;/m.00..../s1. The molecule has 3 saturated heterocycles. The van der Waals surface area contributed by atoms with Gasteiger partial charge in [-0.3, -0.25) is 24.0 Å². The van der Waals surface area contributed by atoms with Gasteiger partial charge >= 0.3 is 0 Å². The SMILES string of the molecule is CC1CC1.CC1CCN(C(=O)c2ccc(C(=O)N3CCC(C)C3)cc2)C1.CO.NC=O.O=CN1C[C@H]1c1ccccc1.O=CNC1C[C@H]1c1ccccc1.c1ccc(C2CC2)cc1. The molecule has 5 atom stereocenters. The monoisotopic (exact) mass is 860 g/mol. The van der Waals surface area contributed by atoms with Gasteiger partial charge in [0.05, 0.1) is 6.04 Å². The van der Waals surface area contributed by atoms with Crippen LogP contribution in [0.3, 0.4) is 0 Å². The molecule has 5 amide bonds. The summed E-state index contributed by atoms with van der Waals surface area (Å²) in [7, 11) is 1.00. The molecule has 338 valence electrons. The van der Waals surface area contributed by atoms with Gasteiger partial charge in [-0.15, -0.1) is 0 Å². The Morgan fingerprint density at radius 3 is 1.33 bits per heavy atom. The van der Waals surface area contributed by atoms with Crippen molar-refractivity contribution < 1.29 is 29.1 Å². The topological polar surface area (TPSA) is 153 Å². The van der Waals surface area contributed by atoms with E-state index in [4.69, 9.17) is 9.90 Å². The Morgan fingerprint density at radius 1 is 0.587 bits per heavy atom. The fraction of sp³-hybridized carbons (Fsp3) is 0.442. The maximum atomic E-state index is 12.4. The lowest BCUT2D eigenvalue weighted by Gasteiger charge is -2.17. The van der Waals surface area contributed by atoms with Gasteiger partial charge in [0.15, 0.2) is 0 Å². The summed E-state index contributed by atoms with van der Waals surface area (Å²) in [5, 5.41) is 9.79. The Balaban J connectivity index is 0.000000181. The largest absolute Gasteiger partial charge is 0.400 e. The number of benzene rings is 4. The number of primary amides is 1. The van der Waals surface area contributed by atoms with Gasteiger partial charge in [0.25, 0.3) is 11.8 Å². The quantitative estimate of drug-likeness (QED) is 0.121. The normalized spacial score (nSPS) is 21.9. The molecule has 3 saturated carbocycles. The van der Waals surface area contributed by atoms with Crippen LogP contribution in [0.1, 0.15) is 121 Å². The molecule has 0 spiro atoms. The van der Waals surface area contributed by atoms with Gasteiger partial charge in [-0.25, -0.2) is 0 Å². The molecule has 3 unspecified atom stereocenters. The number of aliphatic hydroxyl groups is 1. The summed E-state index contributed by atoms with van der Waals surface area (Å²) < 4.78 is 0. The van der Waals surface area contributed by atoms with Crippen LogP contribution < -0.4 is 11.1 Å². The van der Waals surface area contributed by atoms with Gasteiger partial charge in [0.2, 0.25) is 19.2 Å². The van der Waals surface area contributed by atoms with E-state index in [1.165, 1.54) is 42.4 Å². The van der Waals surface area contributed by atoms with Crippen molar-refractivity contribution in [1.29, 1.82) is 0 Å². The second kappa shape index (κ2) is 26.6. The third-order valence-corrected chi connectivity index (χ3v) is 11.8. The average Bonchev–Trinajstić information content (AvgIpc) is 4.16. The Labute approximate surface area is 375 Å². The number of aliphatic hydroxyl groups excluding tert-OH is 1. The molecule has 10 rings (SSSR count). The number of hydrogen-bond donors (Lipinski definition) is 3. The lowest BCUT2D eigenvalue weighted by Crippen LogP contribution is -2.29. The van der Waals surface area contributed by atoms with E-state index in [9.17, 15) is 19.2 Å². The Kier molecular flexibility index (Phi) is 21.1. The molecular weight excluding hydrogens is 791 g/mol. The molecule has 11 nitrogen and oxygen atoms in total. The van der Waals surface area contributed by atoms with Crippen molar-refractivity contribution in [1.82, 2.24) is 20.0 Å². The summed E-state index contributed by atoms with van der Waals surface area (Å²) in [6.45, 7) is 10.9. The Morgan fingerprint density at radius 2 is 1.00 bits per heavy atom. The minimum Gasteiger partial charge on any atom is -0.400 e. The van der Waals surface area contributed by atoms with Crippen molar-refractivity contribution in [2.75, 3.05) is 39.8 Å². The van der Waals surface area contributed by atoms with E-state index in [-0.39, 0.29) is 18.2 Å².